The number of unbranched alkanes of at least 4 members (excludes halogenated alkanes) is 20. The van der Waals surface area contributed by atoms with Crippen molar-refractivity contribution in [3.8, 4) is 0 Å². The minimum Gasteiger partial charge on any atom is -0.756 e. The van der Waals surface area contributed by atoms with Crippen molar-refractivity contribution >= 4 is 13.8 Å². The van der Waals surface area contributed by atoms with Crippen molar-refractivity contribution in [1.29, 1.82) is 0 Å². The molecule has 0 N–H and O–H groups in total. The standard InChI is InChI=1S/C42H80NO7P/c1-6-8-10-12-14-16-18-20-21-22-24-26-28-30-32-34-37-47-41(40-50-51(45,46)49-38-36-43(3,4)5)39-48-42(44)35-33-31-29-27-25-23-19-17-15-13-11-9-7-2/h16-19,34,37,41H,6-15,20-33,35-36,38-40H2,1-5H3/b18-16-,19-17-,37-34-. The van der Waals surface area contributed by atoms with E-state index < -0.39 is 13.9 Å². The van der Waals surface area contributed by atoms with E-state index in [0.29, 0.717) is 17.4 Å². The van der Waals surface area contributed by atoms with Crippen LogP contribution in [0.25, 0.3) is 0 Å². The van der Waals surface area contributed by atoms with Crippen molar-refractivity contribution in [2.24, 2.45) is 0 Å². The molecule has 0 aromatic rings. The lowest BCUT2D eigenvalue weighted by molar-refractivity contribution is -0.870. The van der Waals surface area contributed by atoms with Crippen LogP contribution in [0.1, 0.15) is 174 Å². The van der Waals surface area contributed by atoms with Gasteiger partial charge in [0.2, 0.25) is 0 Å². The third kappa shape index (κ3) is 39.6. The number of nitrogens with zero attached hydrogens (tertiary/aromatic N) is 1. The molecule has 300 valence electrons. The van der Waals surface area contributed by atoms with Crippen molar-refractivity contribution in [2.75, 3.05) is 47.5 Å². The van der Waals surface area contributed by atoms with Gasteiger partial charge in [-0.15, -0.1) is 0 Å². The van der Waals surface area contributed by atoms with Crippen LogP contribution < -0.4 is 4.89 Å². The van der Waals surface area contributed by atoms with Crippen LogP contribution in [0.3, 0.4) is 0 Å². The summed E-state index contributed by atoms with van der Waals surface area (Å²) in [7, 11) is 1.35. The lowest BCUT2D eigenvalue weighted by Gasteiger charge is -2.28. The number of rotatable bonds is 38. The Morgan fingerprint density at radius 2 is 1.04 bits per heavy atom. The molecule has 9 heteroatoms. The van der Waals surface area contributed by atoms with E-state index in [9.17, 15) is 14.3 Å². The first-order chi connectivity index (χ1) is 24.6. The Balaban J connectivity index is 4.34. The maximum absolute atomic E-state index is 12.4. The molecule has 8 nitrogen and oxygen atoms in total. The van der Waals surface area contributed by atoms with E-state index in [-0.39, 0.29) is 25.8 Å². The Morgan fingerprint density at radius 1 is 0.608 bits per heavy atom. The highest BCUT2D eigenvalue weighted by Crippen LogP contribution is 2.38. The number of ether oxygens (including phenoxy) is 2. The fraction of sp³-hybridized carbons (Fsp3) is 0.833. The number of allylic oxidation sites excluding steroid dienone is 5. The number of hydrogen-bond acceptors (Lipinski definition) is 7. The smallest absolute Gasteiger partial charge is 0.305 e. The third-order valence-electron chi connectivity index (χ3n) is 8.75. The summed E-state index contributed by atoms with van der Waals surface area (Å²) in [6, 6.07) is 0. The van der Waals surface area contributed by atoms with Crippen molar-refractivity contribution in [2.45, 2.75) is 180 Å². The summed E-state index contributed by atoms with van der Waals surface area (Å²) in [6.45, 7) is 4.66. The van der Waals surface area contributed by atoms with Gasteiger partial charge in [-0.05, 0) is 76.7 Å². The van der Waals surface area contributed by atoms with E-state index in [2.05, 4.69) is 38.2 Å². The van der Waals surface area contributed by atoms with Crippen LogP contribution >= 0.6 is 7.82 Å². The van der Waals surface area contributed by atoms with Gasteiger partial charge in [0.05, 0.1) is 34.0 Å². The summed E-state index contributed by atoms with van der Waals surface area (Å²) in [5.41, 5.74) is 0. The number of phosphoric acid groups is 1. The van der Waals surface area contributed by atoms with E-state index in [1.54, 1.807) is 6.26 Å². The van der Waals surface area contributed by atoms with Gasteiger partial charge in [-0.2, -0.15) is 0 Å². The molecule has 0 spiro atoms. The van der Waals surface area contributed by atoms with Crippen LogP contribution in [0.4, 0.5) is 0 Å². The molecular formula is C42H80NO7P. The Labute approximate surface area is 315 Å². The predicted molar refractivity (Wildman–Crippen MR) is 212 cm³/mol. The fourth-order valence-electron chi connectivity index (χ4n) is 5.40. The first kappa shape index (κ1) is 49.6. The number of carbonyl (C=O) groups is 1. The van der Waals surface area contributed by atoms with Crippen molar-refractivity contribution in [3.63, 3.8) is 0 Å². The molecular weight excluding hydrogens is 661 g/mol. The molecule has 0 heterocycles. The minimum atomic E-state index is -4.51. The molecule has 0 saturated carbocycles. The van der Waals surface area contributed by atoms with Crippen LogP contribution in [-0.2, 0) is 27.9 Å². The molecule has 0 fully saturated rings. The summed E-state index contributed by atoms with van der Waals surface area (Å²) in [4.78, 5) is 24.8. The molecule has 0 aromatic carbocycles. The van der Waals surface area contributed by atoms with Crippen LogP contribution in [0.15, 0.2) is 36.6 Å². The molecule has 0 aliphatic rings. The van der Waals surface area contributed by atoms with Crippen molar-refractivity contribution < 1.29 is 37.3 Å². The highest BCUT2D eigenvalue weighted by molar-refractivity contribution is 7.45. The SMILES string of the molecule is CCCCCC/C=C\CCCCCCCC/C=C\OC(COC(=O)CCCCCCC/C=C\CCCCCC)COP(=O)([O-])OCC[N+](C)(C)C. The number of esters is 1. The maximum Gasteiger partial charge on any atom is 0.305 e. The van der Waals surface area contributed by atoms with Gasteiger partial charge in [-0.3, -0.25) is 9.36 Å². The van der Waals surface area contributed by atoms with Gasteiger partial charge in [-0.25, -0.2) is 0 Å². The van der Waals surface area contributed by atoms with Crippen LogP contribution in [0.5, 0.6) is 0 Å². The summed E-state index contributed by atoms with van der Waals surface area (Å²) in [5.74, 6) is -0.304. The Morgan fingerprint density at radius 3 is 1.51 bits per heavy atom. The Kier molecular flexibility index (Phi) is 34.6. The molecule has 0 aliphatic carbocycles. The highest BCUT2D eigenvalue weighted by Gasteiger charge is 2.19. The number of carbonyl (C=O) groups excluding carboxylic acids is 1. The Bertz CT molecular complexity index is 915. The molecule has 0 aliphatic heterocycles. The number of likely N-dealkylation sites (N-methyl/N-ethyl adjacent to an activating group) is 1. The second-order valence-corrected chi connectivity index (χ2v) is 16.5. The largest absolute Gasteiger partial charge is 0.756 e. The highest BCUT2D eigenvalue weighted by atomic mass is 31.2. The monoisotopic (exact) mass is 742 g/mol. The number of hydrogen-bond donors (Lipinski definition) is 0. The average Bonchev–Trinajstić information content (AvgIpc) is 3.08. The third-order valence-corrected chi connectivity index (χ3v) is 9.72. The molecule has 0 amide bonds. The summed E-state index contributed by atoms with van der Waals surface area (Å²) in [6.07, 6.45) is 41.1. The minimum absolute atomic E-state index is 0.0246. The molecule has 2 atom stereocenters. The molecule has 2 unspecified atom stereocenters. The van der Waals surface area contributed by atoms with E-state index in [0.717, 1.165) is 44.9 Å². The average molecular weight is 742 g/mol. The normalized spacial score (nSPS) is 14.2. The van der Waals surface area contributed by atoms with Gasteiger partial charge in [0.15, 0.2) is 6.10 Å². The molecule has 0 rings (SSSR count). The summed E-state index contributed by atoms with van der Waals surface area (Å²) in [5, 5.41) is 0. The van der Waals surface area contributed by atoms with Crippen LogP contribution in [-0.4, -0.2) is 64.1 Å². The van der Waals surface area contributed by atoms with Crippen molar-refractivity contribution in [1.82, 2.24) is 0 Å². The fourth-order valence-corrected chi connectivity index (χ4v) is 6.13. The van der Waals surface area contributed by atoms with Gasteiger partial charge in [0.1, 0.15) is 19.8 Å². The number of quaternary nitrogens is 1. The van der Waals surface area contributed by atoms with Crippen LogP contribution in [0, 0.1) is 0 Å². The number of phosphoric ester groups is 1. The zero-order chi connectivity index (χ0) is 37.7. The molecule has 51 heavy (non-hydrogen) atoms. The molecule has 0 saturated heterocycles. The van der Waals surface area contributed by atoms with Gasteiger partial charge < -0.3 is 27.9 Å². The van der Waals surface area contributed by atoms with E-state index >= 15 is 0 Å². The van der Waals surface area contributed by atoms with Gasteiger partial charge in [-0.1, -0.05) is 122 Å². The van der Waals surface area contributed by atoms with Crippen LogP contribution in [0.2, 0.25) is 0 Å². The summed E-state index contributed by atoms with van der Waals surface area (Å²) >= 11 is 0. The lowest BCUT2D eigenvalue weighted by atomic mass is 10.1. The van der Waals surface area contributed by atoms with Gasteiger partial charge in [0.25, 0.3) is 7.82 Å². The first-order valence-electron chi connectivity index (χ1n) is 20.8. The van der Waals surface area contributed by atoms with Crippen molar-refractivity contribution in [3.05, 3.63) is 36.6 Å². The second-order valence-electron chi connectivity index (χ2n) is 15.0. The predicted octanol–water partition coefficient (Wildman–Crippen LogP) is 11.5. The van der Waals surface area contributed by atoms with Gasteiger partial charge >= 0.3 is 5.97 Å². The van der Waals surface area contributed by atoms with Gasteiger partial charge in [0, 0.05) is 6.42 Å². The first-order valence-corrected chi connectivity index (χ1v) is 22.2. The quantitative estimate of drug-likeness (QED) is 0.0155. The molecule has 0 bridgehead atoms. The van der Waals surface area contributed by atoms with E-state index in [1.807, 2.05) is 27.2 Å². The second kappa shape index (κ2) is 35.6. The lowest BCUT2D eigenvalue weighted by Crippen LogP contribution is -2.37. The summed E-state index contributed by atoms with van der Waals surface area (Å²) < 4.78 is 34.3. The zero-order valence-electron chi connectivity index (χ0n) is 33.8. The maximum atomic E-state index is 12.4. The van der Waals surface area contributed by atoms with E-state index in [4.69, 9.17) is 18.5 Å². The van der Waals surface area contributed by atoms with E-state index in [1.165, 1.54) is 109 Å². The Hall–Kier alpha value is -1.44. The molecule has 0 aromatic heterocycles. The zero-order valence-corrected chi connectivity index (χ0v) is 34.7. The molecule has 0 radical (unpaired) electrons. The topological polar surface area (TPSA) is 94.1 Å².